The zero-order chi connectivity index (χ0) is 25.0. The minimum Gasteiger partial charge on any atom is -0.326 e. The molecule has 180 valence electrons. The number of benzene rings is 3. The van der Waals surface area contributed by atoms with Gasteiger partial charge in [-0.1, -0.05) is 18.2 Å². The Morgan fingerprint density at radius 1 is 0.943 bits per heavy atom. The Hall–Kier alpha value is -4.25. The molecule has 0 fully saturated rings. The van der Waals surface area contributed by atoms with E-state index in [0.29, 0.717) is 17.1 Å². The highest BCUT2D eigenvalue weighted by molar-refractivity contribution is 7.92. The second kappa shape index (κ2) is 9.94. The lowest BCUT2D eigenvalue weighted by molar-refractivity contribution is -0.124. The fourth-order valence-corrected chi connectivity index (χ4v) is 4.57. The van der Waals surface area contributed by atoms with E-state index in [4.69, 9.17) is 0 Å². The van der Waals surface area contributed by atoms with Crippen molar-refractivity contribution in [2.45, 2.75) is 17.7 Å². The molecule has 35 heavy (non-hydrogen) atoms. The molecule has 4 rings (SSSR count). The lowest BCUT2D eigenvalue weighted by Gasteiger charge is -2.29. The first-order valence-corrected chi connectivity index (χ1v) is 12.1. The van der Waals surface area contributed by atoms with Gasteiger partial charge in [-0.25, -0.2) is 12.8 Å². The van der Waals surface area contributed by atoms with Gasteiger partial charge in [0.2, 0.25) is 17.7 Å². The molecule has 3 aromatic rings. The van der Waals surface area contributed by atoms with Crippen molar-refractivity contribution < 1.29 is 27.2 Å². The summed E-state index contributed by atoms with van der Waals surface area (Å²) in [5.41, 5.74) is 1.53. The Kier molecular flexibility index (Phi) is 6.78. The van der Waals surface area contributed by atoms with Gasteiger partial charge in [-0.05, 0) is 54.6 Å². The Balaban J connectivity index is 1.33. The molecule has 0 saturated carbocycles. The van der Waals surface area contributed by atoms with Gasteiger partial charge in [-0.15, -0.1) is 0 Å². The first-order chi connectivity index (χ1) is 16.7. The third-order valence-corrected chi connectivity index (χ3v) is 6.56. The zero-order valence-corrected chi connectivity index (χ0v) is 19.1. The van der Waals surface area contributed by atoms with Crippen LogP contribution in [0.1, 0.15) is 12.8 Å². The van der Waals surface area contributed by atoms with E-state index in [1.54, 1.807) is 24.3 Å². The molecule has 1 heterocycles. The van der Waals surface area contributed by atoms with Gasteiger partial charge in [0.05, 0.1) is 22.0 Å². The number of fused-ring (bicyclic) bond motifs is 1. The third kappa shape index (κ3) is 5.82. The van der Waals surface area contributed by atoms with Crippen LogP contribution < -0.4 is 20.3 Å². The van der Waals surface area contributed by atoms with Crippen molar-refractivity contribution in [1.29, 1.82) is 0 Å². The Bertz CT molecular complexity index is 1390. The molecule has 1 aliphatic heterocycles. The monoisotopic (exact) mass is 496 g/mol. The number of carbonyl (C=O) groups excluding carboxylic acids is 3. The average Bonchev–Trinajstić information content (AvgIpc) is 2.82. The summed E-state index contributed by atoms with van der Waals surface area (Å²) >= 11 is 0. The van der Waals surface area contributed by atoms with Crippen LogP contribution in [0.4, 0.5) is 27.1 Å². The molecule has 0 radical (unpaired) electrons. The van der Waals surface area contributed by atoms with Crippen molar-refractivity contribution in [3.8, 4) is 0 Å². The van der Waals surface area contributed by atoms with E-state index in [0.717, 1.165) is 6.07 Å². The number of hydrogen-bond donors (Lipinski definition) is 3. The number of nitrogens with one attached hydrogen (secondary N) is 3. The molecule has 3 N–H and O–H groups in total. The first-order valence-electron chi connectivity index (χ1n) is 10.6. The number of amides is 3. The van der Waals surface area contributed by atoms with Gasteiger partial charge >= 0.3 is 0 Å². The van der Waals surface area contributed by atoms with Gasteiger partial charge in [0.1, 0.15) is 12.4 Å². The molecule has 0 saturated heterocycles. The molecule has 0 aliphatic carbocycles. The highest BCUT2D eigenvalue weighted by Crippen LogP contribution is 2.29. The second-order valence-electron chi connectivity index (χ2n) is 7.73. The third-order valence-electron chi connectivity index (χ3n) is 5.16. The van der Waals surface area contributed by atoms with Crippen LogP contribution in [-0.2, 0) is 24.4 Å². The predicted octanol–water partition coefficient (Wildman–Crippen LogP) is 3.33. The molecule has 0 atom stereocenters. The van der Waals surface area contributed by atoms with Crippen molar-refractivity contribution in [3.63, 3.8) is 0 Å². The summed E-state index contributed by atoms with van der Waals surface area (Å²) in [6.45, 7) is -0.128. The van der Waals surface area contributed by atoms with E-state index in [1.165, 1.54) is 47.4 Å². The highest BCUT2D eigenvalue weighted by atomic mass is 32.2. The molecule has 3 amide bonds. The summed E-state index contributed by atoms with van der Waals surface area (Å²) in [6.07, 6.45) is -0.238. The number of anilines is 4. The summed E-state index contributed by atoms with van der Waals surface area (Å²) in [5, 5.41) is 5.31. The van der Waals surface area contributed by atoms with Crippen molar-refractivity contribution in [3.05, 3.63) is 78.6 Å². The molecular formula is C24H21FN4O5S. The van der Waals surface area contributed by atoms with Gasteiger partial charge in [-0.2, -0.15) is 0 Å². The number of hydrogen-bond acceptors (Lipinski definition) is 5. The largest absolute Gasteiger partial charge is 0.326 e. The Morgan fingerprint density at radius 3 is 2.43 bits per heavy atom. The minimum atomic E-state index is -3.95. The number of rotatable bonds is 7. The van der Waals surface area contributed by atoms with E-state index >= 15 is 0 Å². The van der Waals surface area contributed by atoms with Gasteiger partial charge in [0.25, 0.3) is 10.0 Å². The summed E-state index contributed by atoms with van der Waals surface area (Å²) in [5.74, 6) is -1.70. The van der Waals surface area contributed by atoms with E-state index in [9.17, 15) is 27.2 Å². The average molecular weight is 497 g/mol. The minimum absolute atomic E-state index is 0.0722. The summed E-state index contributed by atoms with van der Waals surface area (Å²) in [6, 6.07) is 17.4. The fraction of sp³-hybridized carbons (Fsp3) is 0.125. The normalized spacial score (nSPS) is 12.9. The lowest BCUT2D eigenvalue weighted by Crippen LogP contribution is -2.42. The van der Waals surface area contributed by atoms with Crippen LogP contribution in [-0.4, -0.2) is 32.7 Å². The van der Waals surface area contributed by atoms with Gasteiger partial charge in [0, 0.05) is 18.5 Å². The fourth-order valence-electron chi connectivity index (χ4n) is 3.52. The summed E-state index contributed by atoms with van der Waals surface area (Å²) < 4.78 is 40.6. The van der Waals surface area contributed by atoms with E-state index in [-0.39, 0.29) is 41.8 Å². The van der Waals surface area contributed by atoms with Crippen LogP contribution in [0, 0.1) is 5.82 Å². The summed E-state index contributed by atoms with van der Waals surface area (Å²) in [7, 11) is -3.95. The van der Waals surface area contributed by atoms with Crippen LogP contribution in [0.2, 0.25) is 0 Å². The molecule has 0 spiro atoms. The van der Waals surface area contributed by atoms with Crippen molar-refractivity contribution in [2.24, 2.45) is 0 Å². The van der Waals surface area contributed by atoms with E-state index in [1.807, 2.05) is 0 Å². The van der Waals surface area contributed by atoms with Crippen LogP contribution in [0.25, 0.3) is 0 Å². The van der Waals surface area contributed by atoms with E-state index in [2.05, 4.69) is 15.4 Å². The second-order valence-corrected chi connectivity index (χ2v) is 9.42. The zero-order valence-electron chi connectivity index (χ0n) is 18.3. The van der Waals surface area contributed by atoms with Crippen molar-refractivity contribution >= 4 is 50.5 Å². The number of carbonyl (C=O) groups is 3. The smallest absolute Gasteiger partial charge is 0.261 e. The topological polar surface area (TPSA) is 125 Å². The first kappa shape index (κ1) is 23.9. The van der Waals surface area contributed by atoms with E-state index < -0.39 is 21.7 Å². The molecular weight excluding hydrogens is 475 g/mol. The molecule has 1 aliphatic rings. The maximum Gasteiger partial charge on any atom is 0.261 e. The van der Waals surface area contributed by atoms with Crippen LogP contribution in [0.3, 0.4) is 0 Å². The number of para-hydroxylation sites is 2. The SMILES string of the molecule is O=C(CCC(=O)N1CC(=O)Nc2ccccc21)Nc1ccc(S(=O)(=O)Nc2cccc(F)c2)cc1. The van der Waals surface area contributed by atoms with Crippen LogP contribution in [0.5, 0.6) is 0 Å². The Labute approximate surface area is 201 Å². The maximum absolute atomic E-state index is 13.3. The molecule has 11 heteroatoms. The van der Waals surface area contributed by atoms with Crippen LogP contribution in [0.15, 0.2) is 77.7 Å². The summed E-state index contributed by atoms with van der Waals surface area (Å²) in [4.78, 5) is 38.2. The quantitative estimate of drug-likeness (QED) is 0.463. The Morgan fingerprint density at radius 2 is 1.69 bits per heavy atom. The van der Waals surface area contributed by atoms with Gasteiger partial charge in [0.15, 0.2) is 0 Å². The number of sulfonamides is 1. The standard InChI is InChI=1S/C24H21FN4O5S/c25-16-4-3-5-18(14-16)28-35(33,34)19-10-8-17(9-11-19)26-22(30)12-13-24(32)29-15-23(31)27-20-6-1-2-7-21(20)29/h1-11,14,28H,12-13,15H2,(H,26,30)(H,27,31). The molecule has 0 bridgehead atoms. The maximum atomic E-state index is 13.3. The van der Waals surface area contributed by atoms with Crippen molar-refractivity contribution in [1.82, 2.24) is 0 Å². The molecule has 3 aromatic carbocycles. The highest BCUT2D eigenvalue weighted by Gasteiger charge is 2.26. The van der Waals surface area contributed by atoms with Crippen LogP contribution >= 0.6 is 0 Å². The number of halogens is 1. The van der Waals surface area contributed by atoms with Gasteiger partial charge in [-0.3, -0.25) is 19.1 Å². The van der Waals surface area contributed by atoms with Crippen molar-refractivity contribution in [2.75, 3.05) is 26.8 Å². The molecule has 0 aromatic heterocycles. The molecule has 0 unspecified atom stereocenters. The number of nitrogens with zero attached hydrogens (tertiary/aromatic N) is 1. The predicted molar refractivity (Wildman–Crippen MR) is 129 cm³/mol. The molecule has 9 nitrogen and oxygen atoms in total. The lowest BCUT2D eigenvalue weighted by atomic mass is 10.1. The van der Waals surface area contributed by atoms with Gasteiger partial charge < -0.3 is 15.5 Å².